The second-order valence-corrected chi connectivity index (χ2v) is 5.12. The van der Waals surface area contributed by atoms with Crippen molar-refractivity contribution >= 4 is 17.2 Å². The van der Waals surface area contributed by atoms with Crippen LogP contribution >= 0.6 is 11.3 Å². The van der Waals surface area contributed by atoms with Crippen LogP contribution in [-0.4, -0.2) is 17.0 Å². The van der Waals surface area contributed by atoms with Crippen molar-refractivity contribution in [3.63, 3.8) is 0 Å². The summed E-state index contributed by atoms with van der Waals surface area (Å²) in [6.07, 6.45) is -0.525. The van der Waals surface area contributed by atoms with Crippen LogP contribution < -0.4 is 10.1 Å². The van der Waals surface area contributed by atoms with E-state index in [9.17, 15) is 4.79 Å². The molecule has 1 unspecified atom stereocenters. The second-order valence-electron chi connectivity index (χ2n) is 4.17. The average molecular weight is 276 g/mol. The first-order valence-electron chi connectivity index (χ1n) is 6.05. The zero-order valence-electron chi connectivity index (χ0n) is 10.9. The van der Waals surface area contributed by atoms with Crippen LogP contribution in [0.3, 0.4) is 0 Å². The number of aryl methyl sites for hydroxylation is 1. The maximum Gasteiger partial charge on any atom is 0.261 e. The van der Waals surface area contributed by atoms with Crippen molar-refractivity contribution in [2.75, 3.05) is 0 Å². The zero-order chi connectivity index (χ0) is 13.7. The third-order valence-electron chi connectivity index (χ3n) is 2.51. The molecule has 1 heterocycles. The van der Waals surface area contributed by atoms with Gasteiger partial charge in [0, 0.05) is 11.1 Å². The summed E-state index contributed by atoms with van der Waals surface area (Å²) in [5, 5.41) is 5.68. The minimum Gasteiger partial charge on any atom is -0.481 e. The normalized spacial score (nSPS) is 11.9. The second kappa shape index (κ2) is 6.33. The molecule has 2 rings (SSSR count). The lowest BCUT2D eigenvalue weighted by Gasteiger charge is -2.14. The minimum absolute atomic E-state index is 0.142. The highest BCUT2D eigenvalue weighted by Crippen LogP contribution is 2.11. The number of hydrogen-bond donors (Lipinski definition) is 1. The van der Waals surface area contributed by atoms with Gasteiger partial charge in [-0.3, -0.25) is 4.79 Å². The standard InChI is InChI=1S/C14H16N2O2S/c1-10-9-19-13(16-10)8-15-14(17)11(2)18-12-6-4-3-5-7-12/h3-7,9,11H,8H2,1-2H3,(H,15,17). The highest BCUT2D eigenvalue weighted by atomic mass is 32.1. The van der Waals surface area contributed by atoms with Crippen LogP contribution in [0.5, 0.6) is 5.75 Å². The number of amides is 1. The molecule has 0 fully saturated rings. The fraction of sp³-hybridized carbons (Fsp3) is 0.286. The fourth-order valence-corrected chi connectivity index (χ4v) is 2.26. The van der Waals surface area contributed by atoms with Gasteiger partial charge in [0.15, 0.2) is 6.10 Å². The first kappa shape index (κ1) is 13.5. The molecule has 1 aromatic carbocycles. The molecule has 5 heteroatoms. The monoisotopic (exact) mass is 276 g/mol. The van der Waals surface area contributed by atoms with E-state index in [1.54, 1.807) is 18.3 Å². The molecule has 1 atom stereocenters. The van der Waals surface area contributed by atoms with Gasteiger partial charge in [-0.1, -0.05) is 18.2 Å². The smallest absolute Gasteiger partial charge is 0.261 e. The number of carbonyl (C=O) groups excluding carboxylic acids is 1. The average Bonchev–Trinajstić information content (AvgIpc) is 2.83. The van der Waals surface area contributed by atoms with Crippen molar-refractivity contribution in [1.29, 1.82) is 0 Å². The van der Waals surface area contributed by atoms with Crippen LogP contribution in [0.15, 0.2) is 35.7 Å². The molecule has 0 saturated carbocycles. The number of benzene rings is 1. The number of rotatable bonds is 5. The van der Waals surface area contributed by atoms with E-state index in [1.807, 2.05) is 42.6 Å². The summed E-state index contributed by atoms with van der Waals surface area (Å²) in [4.78, 5) is 16.2. The van der Waals surface area contributed by atoms with Gasteiger partial charge in [0.2, 0.25) is 0 Å². The summed E-state index contributed by atoms with van der Waals surface area (Å²) in [7, 11) is 0. The van der Waals surface area contributed by atoms with Crippen molar-refractivity contribution in [1.82, 2.24) is 10.3 Å². The van der Waals surface area contributed by atoms with Crippen molar-refractivity contribution < 1.29 is 9.53 Å². The van der Waals surface area contributed by atoms with E-state index in [1.165, 1.54) is 0 Å². The van der Waals surface area contributed by atoms with E-state index < -0.39 is 6.10 Å². The van der Waals surface area contributed by atoms with E-state index in [4.69, 9.17) is 4.74 Å². The highest BCUT2D eigenvalue weighted by Gasteiger charge is 2.14. The van der Waals surface area contributed by atoms with Crippen LogP contribution in [0, 0.1) is 6.92 Å². The first-order chi connectivity index (χ1) is 9.15. The summed E-state index contributed by atoms with van der Waals surface area (Å²) in [6, 6.07) is 9.31. The van der Waals surface area contributed by atoms with Crippen LogP contribution in [-0.2, 0) is 11.3 Å². The van der Waals surface area contributed by atoms with Gasteiger partial charge in [-0.05, 0) is 26.0 Å². The molecule has 0 spiro atoms. The zero-order valence-corrected chi connectivity index (χ0v) is 11.7. The van der Waals surface area contributed by atoms with Gasteiger partial charge in [0.1, 0.15) is 10.8 Å². The third kappa shape index (κ3) is 4.06. The predicted molar refractivity (Wildman–Crippen MR) is 75.2 cm³/mol. The van der Waals surface area contributed by atoms with Gasteiger partial charge >= 0.3 is 0 Å². The molecule has 0 bridgehead atoms. The Bertz CT molecular complexity index is 539. The van der Waals surface area contributed by atoms with E-state index >= 15 is 0 Å². The Morgan fingerprint density at radius 1 is 1.42 bits per heavy atom. The van der Waals surface area contributed by atoms with E-state index in [-0.39, 0.29) is 5.91 Å². The molecule has 0 saturated heterocycles. The number of carbonyl (C=O) groups is 1. The molecule has 0 aliphatic heterocycles. The topological polar surface area (TPSA) is 51.2 Å². The molecule has 2 aromatic rings. The van der Waals surface area contributed by atoms with Gasteiger partial charge in [0.25, 0.3) is 5.91 Å². The van der Waals surface area contributed by atoms with E-state index in [0.717, 1.165) is 10.7 Å². The molecule has 1 N–H and O–H groups in total. The molecule has 0 radical (unpaired) electrons. The summed E-state index contributed by atoms with van der Waals surface area (Å²) in [6.45, 7) is 4.11. The van der Waals surface area contributed by atoms with Gasteiger partial charge in [-0.25, -0.2) is 4.98 Å². The lowest BCUT2D eigenvalue weighted by atomic mass is 10.3. The SMILES string of the molecule is Cc1csc(CNC(=O)C(C)Oc2ccccc2)n1. The van der Waals surface area contributed by atoms with Crippen molar-refractivity contribution in [3.05, 3.63) is 46.4 Å². The number of nitrogens with zero attached hydrogens (tertiary/aromatic N) is 1. The summed E-state index contributed by atoms with van der Waals surface area (Å²) in [5.74, 6) is 0.548. The van der Waals surface area contributed by atoms with Crippen LogP contribution in [0.25, 0.3) is 0 Å². The Morgan fingerprint density at radius 2 is 2.16 bits per heavy atom. The summed E-state index contributed by atoms with van der Waals surface area (Å²) < 4.78 is 5.54. The van der Waals surface area contributed by atoms with Gasteiger partial charge < -0.3 is 10.1 Å². The molecular formula is C14H16N2O2S. The molecule has 100 valence electrons. The maximum atomic E-state index is 11.9. The Kier molecular flexibility index (Phi) is 4.52. The summed E-state index contributed by atoms with van der Waals surface area (Å²) in [5.41, 5.74) is 0.975. The van der Waals surface area contributed by atoms with E-state index in [0.29, 0.717) is 12.3 Å². The molecular weight excluding hydrogens is 260 g/mol. The highest BCUT2D eigenvalue weighted by molar-refractivity contribution is 7.09. The predicted octanol–water partition coefficient (Wildman–Crippen LogP) is 2.54. The third-order valence-corrected chi connectivity index (χ3v) is 3.47. The quantitative estimate of drug-likeness (QED) is 0.913. The maximum absolute atomic E-state index is 11.9. The molecule has 0 aliphatic carbocycles. The van der Waals surface area contributed by atoms with Crippen LogP contribution in [0.2, 0.25) is 0 Å². The van der Waals surface area contributed by atoms with Gasteiger partial charge in [0.05, 0.1) is 6.54 Å². The number of hydrogen-bond acceptors (Lipinski definition) is 4. The van der Waals surface area contributed by atoms with Gasteiger partial charge in [-0.2, -0.15) is 0 Å². The van der Waals surface area contributed by atoms with Gasteiger partial charge in [-0.15, -0.1) is 11.3 Å². The van der Waals surface area contributed by atoms with E-state index in [2.05, 4.69) is 10.3 Å². The molecule has 1 amide bonds. The fourth-order valence-electron chi connectivity index (χ4n) is 1.55. The Hall–Kier alpha value is -1.88. The molecule has 19 heavy (non-hydrogen) atoms. The lowest BCUT2D eigenvalue weighted by Crippen LogP contribution is -2.35. The van der Waals surface area contributed by atoms with Crippen LogP contribution in [0.4, 0.5) is 0 Å². The molecule has 0 aliphatic rings. The Morgan fingerprint density at radius 3 is 2.79 bits per heavy atom. The lowest BCUT2D eigenvalue weighted by molar-refractivity contribution is -0.127. The van der Waals surface area contributed by atoms with Crippen molar-refractivity contribution in [2.24, 2.45) is 0 Å². The minimum atomic E-state index is -0.525. The Balaban J connectivity index is 1.82. The Labute approximate surface area is 116 Å². The largest absolute Gasteiger partial charge is 0.481 e. The number of nitrogens with one attached hydrogen (secondary N) is 1. The number of thiazole rings is 1. The first-order valence-corrected chi connectivity index (χ1v) is 6.93. The van der Waals surface area contributed by atoms with Crippen LogP contribution in [0.1, 0.15) is 17.6 Å². The van der Waals surface area contributed by atoms with Crippen molar-refractivity contribution in [2.45, 2.75) is 26.5 Å². The number of ether oxygens (including phenoxy) is 1. The summed E-state index contributed by atoms with van der Waals surface area (Å²) >= 11 is 1.54. The number of para-hydroxylation sites is 1. The number of aromatic nitrogens is 1. The molecule has 4 nitrogen and oxygen atoms in total. The van der Waals surface area contributed by atoms with Crippen molar-refractivity contribution in [3.8, 4) is 5.75 Å². The molecule has 1 aromatic heterocycles.